The molecule has 1 heterocycles. The predicted molar refractivity (Wildman–Crippen MR) is 63.3 cm³/mol. The highest BCUT2D eigenvalue weighted by molar-refractivity contribution is 6.28. The molecule has 2 aromatic rings. The summed E-state index contributed by atoms with van der Waals surface area (Å²) in [4.78, 5) is 22.8. The Morgan fingerprint density at radius 1 is 1.18 bits per heavy atom. The number of carboxylic acid groups (broad SMARTS) is 1. The molecule has 2 aromatic carbocycles. The molecule has 5 heteroatoms. The normalized spacial score (nSPS) is 12.8. The Bertz CT molecular complexity index is 692. The Kier molecular flexibility index (Phi) is 1.69. The molecule has 0 fully saturated rings. The van der Waals surface area contributed by atoms with Crippen molar-refractivity contribution in [3.63, 3.8) is 0 Å². The molecule has 5 nitrogen and oxygen atoms in total. The van der Waals surface area contributed by atoms with Gasteiger partial charge in [0.1, 0.15) is 0 Å². The topological polar surface area (TPSA) is 92.4 Å². The second-order valence-corrected chi connectivity index (χ2v) is 3.87. The number of rotatable bonds is 1. The second kappa shape index (κ2) is 2.98. The fourth-order valence-corrected chi connectivity index (χ4v) is 2.18. The van der Waals surface area contributed by atoms with E-state index in [0.717, 1.165) is 0 Å². The number of nitrogen functional groups attached to an aromatic ring is 1. The van der Waals surface area contributed by atoms with Gasteiger partial charge in [-0.2, -0.15) is 0 Å². The van der Waals surface area contributed by atoms with Gasteiger partial charge in [0.25, 0.3) is 5.91 Å². The maximum absolute atomic E-state index is 11.6. The van der Waals surface area contributed by atoms with E-state index in [2.05, 4.69) is 5.32 Å². The van der Waals surface area contributed by atoms with Gasteiger partial charge < -0.3 is 16.2 Å². The third kappa shape index (κ3) is 1.13. The molecule has 1 amide bonds. The molecule has 0 radical (unpaired) electrons. The summed E-state index contributed by atoms with van der Waals surface area (Å²) in [6.45, 7) is 0. The van der Waals surface area contributed by atoms with Gasteiger partial charge in [-0.25, -0.2) is 4.79 Å². The van der Waals surface area contributed by atoms with Gasteiger partial charge in [0.2, 0.25) is 0 Å². The lowest BCUT2D eigenvalue weighted by atomic mass is 9.99. The molecular formula is C12H8N2O3. The number of amides is 1. The van der Waals surface area contributed by atoms with Crippen LogP contribution < -0.4 is 11.1 Å². The first kappa shape index (κ1) is 9.65. The number of carbonyl (C=O) groups is 2. The van der Waals surface area contributed by atoms with Crippen LogP contribution in [0.15, 0.2) is 24.3 Å². The van der Waals surface area contributed by atoms with E-state index in [1.54, 1.807) is 18.2 Å². The zero-order valence-corrected chi connectivity index (χ0v) is 8.65. The van der Waals surface area contributed by atoms with E-state index in [1.807, 2.05) is 0 Å². The summed E-state index contributed by atoms with van der Waals surface area (Å²) in [5.74, 6) is -1.28. The number of carbonyl (C=O) groups excluding carboxylic acids is 1. The fraction of sp³-hybridized carbons (Fsp3) is 0. The summed E-state index contributed by atoms with van der Waals surface area (Å²) < 4.78 is 0. The molecule has 0 aliphatic carbocycles. The van der Waals surface area contributed by atoms with E-state index in [-0.39, 0.29) is 11.5 Å². The van der Waals surface area contributed by atoms with Crippen molar-refractivity contribution in [2.75, 3.05) is 11.1 Å². The van der Waals surface area contributed by atoms with Crippen LogP contribution in [0.3, 0.4) is 0 Å². The first-order valence-corrected chi connectivity index (χ1v) is 4.99. The average molecular weight is 228 g/mol. The number of carboxylic acids is 1. The van der Waals surface area contributed by atoms with Crippen LogP contribution in [0.1, 0.15) is 20.7 Å². The molecule has 0 atom stereocenters. The van der Waals surface area contributed by atoms with Gasteiger partial charge >= 0.3 is 5.97 Å². The molecule has 0 aromatic heterocycles. The number of anilines is 2. The lowest BCUT2D eigenvalue weighted by Crippen LogP contribution is -2.03. The standard InChI is InChI=1S/C12H8N2O3/c13-7-3-1-5-10-8(14-11(5)15)4-2-6(9(7)10)12(16)17/h1-4H,13H2,(H,14,15)(H,16,17). The minimum atomic E-state index is -1.06. The van der Waals surface area contributed by atoms with Crippen molar-refractivity contribution in [1.82, 2.24) is 0 Å². The van der Waals surface area contributed by atoms with Gasteiger partial charge in [-0.15, -0.1) is 0 Å². The zero-order valence-electron chi connectivity index (χ0n) is 8.65. The van der Waals surface area contributed by atoms with E-state index < -0.39 is 5.97 Å². The molecule has 3 rings (SSSR count). The average Bonchev–Trinajstić information content (AvgIpc) is 2.60. The van der Waals surface area contributed by atoms with E-state index in [4.69, 9.17) is 10.8 Å². The van der Waals surface area contributed by atoms with E-state index >= 15 is 0 Å². The first-order valence-electron chi connectivity index (χ1n) is 4.99. The van der Waals surface area contributed by atoms with Gasteiger partial charge in [0, 0.05) is 27.7 Å². The van der Waals surface area contributed by atoms with Crippen LogP contribution in [0, 0.1) is 0 Å². The third-order valence-electron chi connectivity index (χ3n) is 2.92. The van der Waals surface area contributed by atoms with E-state index in [9.17, 15) is 9.59 Å². The molecule has 17 heavy (non-hydrogen) atoms. The number of aromatic carboxylic acids is 1. The number of hydrogen-bond donors (Lipinski definition) is 3. The minimum Gasteiger partial charge on any atom is -0.478 e. The molecule has 1 aliphatic heterocycles. The lowest BCUT2D eigenvalue weighted by molar-refractivity contribution is 0.0699. The summed E-state index contributed by atoms with van der Waals surface area (Å²) >= 11 is 0. The molecule has 0 spiro atoms. The van der Waals surface area contributed by atoms with Crippen molar-refractivity contribution in [3.05, 3.63) is 35.4 Å². The van der Waals surface area contributed by atoms with Gasteiger partial charge in [-0.3, -0.25) is 4.79 Å². The second-order valence-electron chi connectivity index (χ2n) is 3.87. The summed E-state index contributed by atoms with van der Waals surface area (Å²) in [6, 6.07) is 6.19. The number of nitrogens with two attached hydrogens (primary N) is 1. The maximum Gasteiger partial charge on any atom is 0.336 e. The molecule has 0 bridgehead atoms. The summed E-state index contributed by atoms with van der Waals surface area (Å²) in [5.41, 5.74) is 7.35. The molecule has 0 unspecified atom stereocenters. The Hall–Kier alpha value is -2.56. The molecular weight excluding hydrogens is 220 g/mol. The Labute approximate surface area is 95.8 Å². The summed E-state index contributed by atoms with van der Waals surface area (Å²) in [7, 11) is 0. The molecule has 84 valence electrons. The fourth-order valence-electron chi connectivity index (χ4n) is 2.18. The van der Waals surface area contributed by atoms with Crippen LogP contribution in [-0.4, -0.2) is 17.0 Å². The molecule has 1 aliphatic rings. The van der Waals surface area contributed by atoms with Crippen LogP contribution in [-0.2, 0) is 0 Å². The smallest absolute Gasteiger partial charge is 0.336 e. The van der Waals surface area contributed by atoms with Crippen molar-refractivity contribution < 1.29 is 14.7 Å². The van der Waals surface area contributed by atoms with Crippen LogP contribution in [0.4, 0.5) is 11.4 Å². The Morgan fingerprint density at radius 2 is 1.94 bits per heavy atom. The highest BCUT2D eigenvalue weighted by Gasteiger charge is 2.25. The first-order chi connectivity index (χ1) is 8.09. The number of nitrogens with one attached hydrogen (secondary N) is 1. The molecule has 0 saturated carbocycles. The molecule has 0 saturated heterocycles. The largest absolute Gasteiger partial charge is 0.478 e. The van der Waals surface area contributed by atoms with Crippen molar-refractivity contribution in [3.8, 4) is 0 Å². The summed E-state index contributed by atoms with van der Waals surface area (Å²) in [5, 5.41) is 12.8. The zero-order chi connectivity index (χ0) is 12.2. The Morgan fingerprint density at radius 3 is 2.65 bits per heavy atom. The monoisotopic (exact) mass is 228 g/mol. The minimum absolute atomic E-state index is 0.111. The molecule has 4 N–H and O–H groups in total. The lowest BCUT2D eigenvalue weighted by Gasteiger charge is -2.06. The van der Waals surface area contributed by atoms with Crippen LogP contribution in [0.5, 0.6) is 0 Å². The van der Waals surface area contributed by atoms with Crippen molar-refractivity contribution >= 4 is 34.0 Å². The SMILES string of the molecule is Nc1ccc2c3c(ccc(C(=O)O)c13)NC2=O. The van der Waals surface area contributed by atoms with Gasteiger partial charge in [-0.1, -0.05) is 0 Å². The van der Waals surface area contributed by atoms with Gasteiger partial charge in [0.15, 0.2) is 0 Å². The van der Waals surface area contributed by atoms with Crippen molar-refractivity contribution in [1.29, 1.82) is 0 Å². The van der Waals surface area contributed by atoms with Gasteiger partial charge in [0.05, 0.1) is 5.56 Å². The van der Waals surface area contributed by atoms with E-state index in [0.29, 0.717) is 27.7 Å². The van der Waals surface area contributed by atoms with Crippen LogP contribution in [0.25, 0.3) is 10.8 Å². The maximum atomic E-state index is 11.6. The van der Waals surface area contributed by atoms with Crippen LogP contribution >= 0.6 is 0 Å². The third-order valence-corrected chi connectivity index (χ3v) is 2.92. The van der Waals surface area contributed by atoms with Gasteiger partial charge in [-0.05, 0) is 24.3 Å². The number of benzene rings is 2. The van der Waals surface area contributed by atoms with Crippen molar-refractivity contribution in [2.45, 2.75) is 0 Å². The summed E-state index contributed by atoms with van der Waals surface area (Å²) in [6.07, 6.45) is 0. The number of hydrogen-bond acceptors (Lipinski definition) is 3. The van der Waals surface area contributed by atoms with Crippen LogP contribution in [0.2, 0.25) is 0 Å². The highest BCUT2D eigenvalue weighted by atomic mass is 16.4. The predicted octanol–water partition coefficient (Wildman–Crippen LogP) is 1.69. The van der Waals surface area contributed by atoms with E-state index in [1.165, 1.54) is 6.07 Å². The quantitative estimate of drug-likeness (QED) is 0.647. The highest BCUT2D eigenvalue weighted by Crippen LogP contribution is 2.37. The van der Waals surface area contributed by atoms with Crippen molar-refractivity contribution in [2.24, 2.45) is 0 Å². The Balaban J connectivity index is 2.56.